The summed E-state index contributed by atoms with van der Waals surface area (Å²) in [5, 5.41) is 0. The van der Waals surface area contributed by atoms with Crippen molar-refractivity contribution in [1.82, 2.24) is 9.97 Å². The number of aromatic nitrogens is 2. The maximum absolute atomic E-state index is 13.9. The van der Waals surface area contributed by atoms with E-state index in [1.165, 1.54) is 11.1 Å². The number of carbonyl (C=O) groups excluding carboxylic acids is 1. The maximum atomic E-state index is 13.9. The lowest BCUT2D eigenvalue weighted by molar-refractivity contribution is -0.142. The van der Waals surface area contributed by atoms with Gasteiger partial charge >= 0.3 is 6.18 Å². The first kappa shape index (κ1) is 19.8. The van der Waals surface area contributed by atoms with Gasteiger partial charge in [-0.15, -0.1) is 0 Å². The Labute approximate surface area is 185 Å². The number of anilines is 1. The van der Waals surface area contributed by atoms with Crippen LogP contribution < -0.4 is 19.1 Å². The average Bonchev–Trinajstić information content (AvgIpc) is 3.29. The molecule has 0 saturated carbocycles. The van der Waals surface area contributed by atoms with Crippen LogP contribution in [0.5, 0.6) is 17.2 Å². The molecular weight excluding hydrogens is 439 g/mol. The number of rotatable bonds is 2. The monoisotopic (exact) mass is 455 g/mol. The van der Waals surface area contributed by atoms with Gasteiger partial charge in [0.1, 0.15) is 31.0 Å². The van der Waals surface area contributed by atoms with Crippen LogP contribution in [0.15, 0.2) is 48.8 Å². The molecule has 3 aliphatic rings. The van der Waals surface area contributed by atoms with Crippen molar-refractivity contribution in [2.45, 2.75) is 18.1 Å². The Balaban J connectivity index is 1.48. The van der Waals surface area contributed by atoms with Gasteiger partial charge in [0.25, 0.3) is 0 Å². The van der Waals surface area contributed by atoms with Crippen LogP contribution in [0.2, 0.25) is 0 Å². The molecule has 2 aromatic carbocycles. The molecule has 4 heterocycles. The summed E-state index contributed by atoms with van der Waals surface area (Å²) in [5.74, 6) is 1.13. The number of hydrogen-bond acceptors (Lipinski definition) is 6. The lowest BCUT2D eigenvalue weighted by atomic mass is 9.77. The number of ether oxygens (including phenoxy) is 3. The van der Waals surface area contributed by atoms with Crippen molar-refractivity contribution < 1.29 is 32.2 Å². The van der Waals surface area contributed by atoms with Crippen LogP contribution in [0.1, 0.15) is 22.5 Å². The van der Waals surface area contributed by atoms with Gasteiger partial charge in [-0.1, -0.05) is 18.2 Å². The van der Waals surface area contributed by atoms with Gasteiger partial charge in [0, 0.05) is 29.7 Å². The molecule has 7 nitrogen and oxygen atoms in total. The Kier molecular flexibility index (Phi) is 4.11. The molecule has 6 rings (SSSR count). The van der Waals surface area contributed by atoms with Crippen LogP contribution in [-0.2, 0) is 22.9 Å². The molecule has 10 heteroatoms. The standard InChI is InChI=1S/C23H16F3N3O4/c24-23(25,26)20-15(27-5-6-28-20)11-29-16-4-2-1-3-13(16)22(21(29)30)12-33-17-10-19-18(9-14(17)22)31-7-8-32-19/h1-6,9-10H,7-8,11-12H2. The van der Waals surface area contributed by atoms with Crippen molar-refractivity contribution in [3.63, 3.8) is 0 Å². The highest BCUT2D eigenvalue weighted by atomic mass is 19.4. The van der Waals surface area contributed by atoms with Crippen molar-refractivity contribution in [2.75, 3.05) is 24.7 Å². The third-order valence-electron chi connectivity index (χ3n) is 6.16. The molecule has 0 aliphatic carbocycles. The van der Waals surface area contributed by atoms with E-state index in [9.17, 15) is 18.0 Å². The highest BCUT2D eigenvalue weighted by molar-refractivity contribution is 6.11. The van der Waals surface area contributed by atoms with E-state index in [1.807, 2.05) is 0 Å². The number of fused-ring (bicyclic) bond motifs is 5. The second-order valence-electron chi connectivity index (χ2n) is 7.94. The fraction of sp³-hybridized carbons (Fsp3) is 0.261. The largest absolute Gasteiger partial charge is 0.491 e. The molecule has 1 unspecified atom stereocenters. The van der Waals surface area contributed by atoms with Crippen LogP contribution >= 0.6 is 0 Å². The molecule has 3 aromatic rings. The Hall–Kier alpha value is -3.82. The van der Waals surface area contributed by atoms with Crippen molar-refractivity contribution >= 4 is 11.6 Å². The molecule has 1 aromatic heterocycles. The number of nitrogens with zero attached hydrogens (tertiary/aromatic N) is 3. The molecule has 1 spiro atoms. The van der Waals surface area contributed by atoms with Gasteiger partial charge in [-0.2, -0.15) is 13.2 Å². The second kappa shape index (κ2) is 6.84. The van der Waals surface area contributed by atoms with Crippen LogP contribution in [-0.4, -0.2) is 35.7 Å². The minimum atomic E-state index is -4.69. The van der Waals surface area contributed by atoms with Gasteiger partial charge in [-0.05, 0) is 17.7 Å². The number of carbonyl (C=O) groups is 1. The molecular formula is C23H16F3N3O4. The summed E-state index contributed by atoms with van der Waals surface area (Å²) in [6.45, 7) is 0.430. The third-order valence-corrected chi connectivity index (χ3v) is 6.16. The number of alkyl halides is 3. The molecule has 0 saturated heterocycles. The number of hydrogen-bond donors (Lipinski definition) is 0. The zero-order chi connectivity index (χ0) is 22.8. The third kappa shape index (κ3) is 2.79. The van der Waals surface area contributed by atoms with Gasteiger partial charge in [0.2, 0.25) is 5.91 Å². The first-order valence-electron chi connectivity index (χ1n) is 10.2. The van der Waals surface area contributed by atoms with E-state index in [-0.39, 0.29) is 18.8 Å². The number of benzene rings is 2. The van der Waals surface area contributed by atoms with E-state index < -0.39 is 23.2 Å². The summed E-state index contributed by atoms with van der Waals surface area (Å²) in [6.07, 6.45) is -2.52. The van der Waals surface area contributed by atoms with Crippen molar-refractivity contribution in [1.29, 1.82) is 0 Å². The summed E-state index contributed by atoms with van der Waals surface area (Å²) in [5.41, 5.74) is -0.884. The van der Waals surface area contributed by atoms with Gasteiger partial charge in [0.05, 0.1) is 12.2 Å². The quantitative estimate of drug-likeness (QED) is 0.589. The predicted molar refractivity (Wildman–Crippen MR) is 108 cm³/mol. The Morgan fingerprint density at radius 1 is 0.939 bits per heavy atom. The van der Waals surface area contributed by atoms with Gasteiger partial charge in [-0.3, -0.25) is 9.78 Å². The van der Waals surface area contributed by atoms with E-state index in [0.717, 1.165) is 6.20 Å². The molecule has 1 atom stereocenters. The van der Waals surface area contributed by atoms with Crippen molar-refractivity contribution in [3.05, 3.63) is 71.3 Å². The molecule has 0 N–H and O–H groups in total. The summed E-state index contributed by atoms with van der Waals surface area (Å²) in [6, 6.07) is 10.5. The average molecular weight is 455 g/mol. The lowest BCUT2D eigenvalue weighted by Gasteiger charge is -2.25. The van der Waals surface area contributed by atoms with Crippen molar-refractivity contribution in [2.24, 2.45) is 0 Å². The van der Waals surface area contributed by atoms with Crippen molar-refractivity contribution in [3.8, 4) is 17.2 Å². The zero-order valence-electron chi connectivity index (χ0n) is 17.1. The smallest absolute Gasteiger partial charge is 0.435 e. The summed E-state index contributed by atoms with van der Waals surface area (Å²) in [4.78, 5) is 22.6. The fourth-order valence-corrected chi connectivity index (χ4v) is 4.74. The summed E-state index contributed by atoms with van der Waals surface area (Å²) < 4.78 is 57.8. The summed E-state index contributed by atoms with van der Waals surface area (Å²) in [7, 11) is 0. The number of halogens is 3. The topological polar surface area (TPSA) is 73.8 Å². The molecule has 3 aliphatic heterocycles. The Bertz CT molecular complexity index is 1300. The SMILES string of the molecule is O=C1N(Cc2nccnc2C(F)(F)F)c2ccccc2C12COc1cc3c(cc12)OCCO3. The van der Waals surface area contributed by atoms with E-state index in [4.69, 9.17) is 14.2 Å². The zero-order valence-corrected chi connectivity index (χ0v) is 17.1. The van der Waals surface area contributed by atoms with E-state index >= 15 is 0 Å². The lowest BCUT2D eigenvalue weighted by Crippen LogP contribution is -2.42. The van der Waals surface area contributed by atoms with E-state index in [0.29, 0.717) is 47.3 Å². The molecule has 168 valence electrons. The Morgan fingerprint density at radius 3 is 2.45 bits per heavy atom. The Morgan fingerprint density at radius 2 is 1.67 bits per heavy atom. The first-order chi connectivity index (χ1) is 15.9. The highest BCUT2D eigenvalue weighted by Crippen LogP contribution is 2.55. The van der Waals surface area contributed by atoms with Gasteiger partial charge < -0.3 is 19.1 Å². The number of para-hydroxylation sites is 1. The fourth-order valence-electron chi connectivity index (χ4n) is 4.74. The van der Waals surface area contributed by atoms with Crippen LogP contribution in [0, 0.1) is 0 Å². The number of amides is 1. The van der Waals surface area contributed by atoms with Gasteiger partial charge in [0.15, 0.2) is 17.2 Å². The molecule has 33 heavy (non-hydrogen) atoms. The van der Waals surface area contributed by atoms with Crippen LogP contribution in [0.4, 0.5) is 18.9 Å². The first-order valence-corrected chi connectivity index (χ1v) is 10.2. The minimum Gasteiger partial charge on any atom is -0.491 e. The van der Waals surface area contributed by atoms with Crippen LogP contribution in [0.3, 0.4) is 0 Å². The second-order valence-corrected chi connectivity index (χ2v) is 7.94. The molecule has 1 amide bonds. The molecule has 0 fully saturated rings. The molecule has 0 radical (unpaired) electrons. The maximum Gasteiger partial charge on any atom is 0.435 e. The predicted octanol–water partition coefficient (Wildman–Crippen LogP) is 3.49. The normalized spacial score (nSPS) is 20.6. The highest BCUT2D eigenvalue weighted by Gasteiger charge is 2.57. The van der Waals surface area contributed by atoms with E-state index in [2.05, 4.69) is 9.97 Å². The van der Waals surface area contributed by atoms with Crippen LogP contribution in [0.25, 0.3) is 0 Å². The van der Waals surface area contributed by atoms with Gasteiger partial charge in [-0.25, -0.2) is 4.98 Å². The summed E-state index contributed by atoms with van der Waals surface area (Å²) >= 11 is 0. The van der Waals surface area contributed by atoms with E-state index in [1.54, 1.807) is 36.4 Å². The minimum absolute atomic E-state index is 0.0180. The molecule has 0 bridgehead atoms.